The molecular weight excluding hydrogens is 420 g/mol. The van der Waals surface area contributed by atoms with E-state index in [2.05, 4.69) is 4.98 Å². The molecule has 1 amide bonds. The lowest BCUT2D eigenvalue weighted by molar-refractivity contribution is -0.132. The Bertz CT molecular complexity index is 1220. The monoisotopic (exact) mass is 444 g/mol. The molecule has 1 saturated heterocycles. The van der Waals surface area contributed by atoms with Gasteiger partial charge in [0.2, 0.25) is 0 Å². The number of phenols is 1. The molecule has 0 bridgehead atoms. The van der Waals surface area contributed by atoms with E-state index in [0.29, 0.717) is 23.5 Å². The first-order valence-electron chi connectivity index (χ1n) is 10.7. The second-order valence-electron chi connectivity index (χ2n) is 7.81. The van der Waals surface area contributed by atoms with Gasteiger partial charge in [-0.15, -0.1) is 0 Å². The summed E-state index contributed by atoms with van der Waals surface area (Å²) in [6, 6.07) is 13.9. The minimum absolute atomic E-state index is 0.0608. The molecular formula is C26H24N2O5. The van der Waals surface area contributed by atoms with Gasteiger partial charge in [-0.2, -0.15) is 0 Å². The lowest BCUT2D eigenvalue weighted by Crippen LogP contribution is -2.29. The Hall–Kier alpha value is -4.13. The molecule has 3 aromatic rings. The molecule has 4 rings (SSSR count). The van der Waals surface area contributed by atoms with E-state index in [1.54, 1.807) is 60.9 Å². The lowest BCUT2D eigenvalue weighted by atomic mass is 9.95. The molecule has 1 atom stereocenters. The summed E-state index contributed by atoms with van der Waals surface area (Å²) in [4.78, 5) is 31.6. The normalized spacial score (nSPS) is 17.4. The van der Waals surface area contributed by atoms with E-state index >= 15 is 0 Å². The van der Waals surface area contributed by atoms with Crippen LogP contribution >= 0.6 is 0 Å². The van der Waals surface area contributed by atoms with Gasteiger partial charge in [0, 0.05) is 18.0 Å². The van der Waals surface area contributed by atoms with Crippen LogP contribution in [0, 0.1) is 6.92 Å². The molecule has 33 heavy (non-hydrogen) atoms. The fraction of sp³-hybridized carbons (Fsp3) is 0.192. The van der Waals surface area contributed by atoms with Crippen molar-refractivity contribution in [3.8, 4) is 11.5 Å². The minimum Gasteiger partial charge on any atom is -0.507 e. The summed E-state index contributed by atoms with van der Waals surface area (Å²) < 4.78 is 5.58. The fourth-order valence-electron chi connectivity index (χ4n) is 3.85. The number of amides is 1. The molecule has 0 spiro atoms. The number of ether oxygens (including phenoxy) is 1. The molecule has 0 radical (unpaired) electrons. The predicted octanol–water partition coefficient (Wildman–Crippen LogP) is 4.51. The Balaban J connectivity index is 1.86. The maximum absolute atomic E-state index is 13.2. The van der Waals surface area contributed by atoms with E-state index in [1.807, 2.05) is 13.8 Å². The van der Waals surface area contributed by atoms with Gasteiger partial charge in [-0.3, -0.25) is 19.5 Å². The van der Waals surface area contributed by atoms with E-state index in [9.17, 15) is 19.8 Å². The van der Waals surface area contributed by atoms with Gasteiger partial charge in [0.15, 0.2) is 0 Å². The average Bonchev–Trinajstić information content (AvgIpc) is 3.10. The number of aromatic hydroxyl groups is 1. The molecule has 168 valence electrons. The number of carbonyl (C=O) groups excluding carboxylic acids is 2. The number of rotatable bonds is 6. The summed E-state index contributed by atoms with van der Waals surface area (Å²) in [6.07, 6.45) is 3.96. The van der Waals surface area contributed by atoms with Crippen molar-refractivity contribution in [3.63, 3.8) is 0 Å². The SMILES string of the molecule is CCCOc1ccc(/C(O)=C2\C(=O)C(=O)N(c3cc(C)ccc3O)C2c2ccncc2)cc1. The largest absolute Gasteiger partial charge is 0.507 e. The Labute approximate surface area is 191 Å². The Morgan fingerprint density at radius 3 is 2.42 bits per heavy atom. The number of nitrogens with zero attached hydrogens (tertiary/aromatic N) is 2. The highest BCUT2D eigenvalue weighted by molar-refractivity contribution is 6.51. The van der Waals surface area contributed by atoms with Crippen LogP contribution in [0.1, 0.15) is 36.1 Å². The van der Waals surface area contributed by atoms with Crippen LogP contribution < -0.4 is 9.64 Å². The maximum atomic E-state index is 13.2. The molecule has 2 aromatic carbocycles. The number of aromatic nitrogens is 1. The zero-order valence-electron chi connectivity index (χ0n) is 18.4. The Morgan fingerprint density at radius 2 is 1.76 bits per heavy atom. The van der Waals surface area contributed by atoms with Gasteiger partial charge in [0.25, 0.3) is 11.7 Å². The van der Waals surface area contributed by atoms with Crippen LogP contribution in [0.5, 0.6) is 11.5 Å². The molecule has 1 aliphatic rings. The second kappa shape index (κ2) is 9.16. The van der Waals surface area contributed by atoms with Crippen molar-refractivity contribution >= 4 is 23.1 Å². The minimum atomic E-state index is -0.934. The molecule has 2 heterocycles. The van der Waals surface area contributed by atoms with Crippen LogP contribution in [-0.4, -0.2) is 33.5 Å². The smallest absolute Gasteiger partial charge is 0.300 e. The number of aliphatic hydroxyl groups is 1. The number of ketones is 1. The van der Waals surface area contributed by atoms with E-state index in [1.165, 1.54) is 11.0 Å². The summed E-state index contributed by atoms with van der Waals surface area (Å²) in [6.45, 7) is 4.39. The number of anilines is 1. The summed E-state index contributed by atoms with van der Waals surface area (Å²) >= 11 is 0. The van der Waals surface area contributed by atoms with Crippen LogP contribution in [0.4, 0.5) is 5.69 Å². The first-order chi connectivity index (χ1) is 15.9. The zero-order valence-corrected chi connectivity index (χ0v) is 18.4. The lowest BCUT2D eigenvalue weighted by Gasteiger charge is -2.26. The quantitative estimate of drug-likeness (QED) is 0.330. The molecule has 0 aliphatic carbocycles. The molecule has 7 nitrogen and oxygen atoms in total. The van der Waals surface area contributed by atoms with Crippen molar-refractivity contribution < 1.29 is 24.5 Å². The van der Waals surface area contributed by atoms with Crippen LogP contribution in [0.2, 0.25) is 0 Å². The highest BCUT2D eigenvalue weighted by Gasteiger charge is 2.47. The van der Waals surface area contributed by atoms with Crippen molar-refractivity contribution in [1.29, 1.82) is 0 Å². The molecule has 0 saturated carbocycles. The van der Waals surface area contributed by atoms with Crippen LogP contribution in [0.25, 0.3) is 5.76 Å². The third-order valence-electron chi connectivity index (χ3n) is 5.46. The van der Waals surface area contributed by atoms with Gasteiger partial charge in [-0.05, 0) is 73.0 Å². The molecule has 2 N–H and O–H groups in total. The van der Waals surface area contributed by atoms with Crippen molar-refractivity contribution in [3.05, 3.63) is 89.3 Å². The zero-order chi connectivity index (χ0) is 23.5. The van der Waals surface area contributed by atoms with Crippen molar-refractivity contribution in [2.75, 3.05) is 11.5 Å². The molecule has 1 fully saturated rings. The topological polar surface area (TPSA) is 100.0 Å². The number of benzene rings is 2. The third-order valence-corrected chi connectivity index (χ3v) is 5.46. The number of hydrogen-bond donors (Lipinski definition) is 2. The van der Waals surface area contributed by atoms with Crippen molar-refractivity contribution in [2.45, 2.75) is 26.3 Å². The second-order valence-corrected chi connectivity index (χ2v) is 7.81. The summed E-state index contributed by atoms with van der Waals surface area (Å²) in [5.74, 6) is -1.46. The number of Topliss-reactive ketones (excluding diaryl/α,β-unsaturated/α-hetero) is 1. The number of pyridine rings is 1. The molecule has 7 heteroatoms. The van der Waals surface area contributed by atoms with Crippen LogP contribution in [0.15, 0.2) is 72.6 Å². The van der Waals surface area contributed by atoms with Gasteiger partial charge in [-0.25, -0.2) is 0 Å². The number of aliphatic hydroxyl groups excluding tert-OH is 1. The summed E-state index contributed by atoms with van der Waals surface area (Å²) in [5.41, 5.74) is 1.90. The summed E-state index contributed by atoms with van der Waals surface area (Å²) in [7, 11) is 0. The van der Waals surface area contributed by atoms with Crippen molar-refractivity contribution in [2.24, 2.45) is 0 Å². The number of carbonyl (C=O) groups is 2. The number of phenolic OH excluding ortho intramolecular Hbond substituents is 1. The fourth-order valence-corrected chi connectivity index (χ4v) is 3.85. The first-order valence-corrected chi connectivity index (χ1v) is 10.7. The average molecular weight is 444 g/mol. The van der Waals surface area contributed by atoms with Gasteiger partial charge < -0.3 is 14.9 Å². The first kappa shape index (κ1) is 22.1. The number of aryl methyl sites for hydroxylation is 1. The summed E-state index contributed by atoms with van der Waals surface area (Å²) in [5, 5.41) is 21.7. The van der Waals surface area contributed by atoms with Gasteiger partial charge >= 0.3 is 0 Å². The van der Waals surface area contributed by atoms with E-state index in [4.69, 9.17) is 4.74 Å². The molecule has 1 unspecified atom stereocenters. The predicted molar refractivity (Wildman–Crippen MR) is 124 cm³/mol. The van der Waals surface area contributed by atoms with E-state index in [0.717, 1.165) is 12.0 Å². The highest BCUT2D eigenvalue weighted by atomic mass is 16.5. The molecule has 1 aliphatic heterocycles. The Kier molecular flexibility index (Phi) is 6.13. The van der Waals surface area contributed by atoms with Gasteiger partial charge in [-0.1, -0.05) is 13.0 Å². The van der Waals surface area contributed by atoms with Gasteiger partial charge in [0.05, 0.1) is 23.9 Å². The van der Waals surface area contributed by atoms with E-state index < -0.39 is 17.7 Å². The maximum Gasteiger partial charge on any atom is 0.300 e. The number of hydrogen-bond acceptors (Lipinski definition) is 6. The van der Waals surface area contributed by atoms with Crippen LogP contribution in [-0.2, 0) is 9.59 Å². The van der Waals surface area contributed by atoms with Crippen molar-refractivity contribution in [1.82, 2.24) is 4.98 Å². The third kappa shape index (κ3) is 4.17. The highest BCUT2D eigenvalue weighted by Crippen LogP contribution is 2.44. The Morgan fingerprint density at radius 1 is 1.06 bits per heavy atom. The van der Waals surface area contributed by atoms with E-state index in [-0.39, 0.29) is 22.8 Å². The molecule has 1 aromatic heterocycles. The van der Waals surface area contributed by atoms with Gasteiger partial charge in [0.1, 0.15) is 17.3 Å². The van der Waals surface area contributed by atoms with Crippen LogP contribution in [0.3, 0.4) is 0 Å². The standard InChI is InChI=1S/C26H24N2O5/c1-3-14-33-19-7-5-18(6-8-19)24(30)22-23(17-10-12-27-13-11-17)28(26(32)25(22)31)20-15-16(2)4-9-21(20)29/h4-13,15,23,29-30H,3,14H2,1-2H3/b24-22+.